The summed E-state index contributed by atoms with van der Waals surface area (Å²) in [5, 5.41) is 14.9. The molecule has 21 heavy (non-hydrogen) atoms. The van der Waals surface area contributed by atoms with Crippen molar-refractivity contribution in [2.75, 3.05) is 13.1 Å². The van der Waals surface area contributed by atoms with Crippen LogP contribution in [0.5, 0.6) is 0 Å². The number of nitrogens with one attached hydrogen (secondary N) is 2. The maximum absolute atomic E-state index is 4.65. The minimum Gasteiger partial charge on any atom is -0.357 e. The lowest BCUT2D eigenvalue weighted by atomic mass is 10.2. The third-order valence-electron chi connectivity index (χ3n) is 3.66. The molecular weight excluding hydrogens is 379 g/mol. The number of aromatic nitrogens is 3. The summed E-state index contributed by atoms with van der Waals surface area (Å²) < 4.78 is 2.07. The van der Waals surface area contributed by atoms with E-state index in [2.05, 4.69) is 44.2 Å². The van der Waals surface area contributed by atoms with Crippen molar-refractivity contribution in [3.05, 3.63) is 12.2 Å². The van der Waals surface area contributed by atoms with Crippen molar-refractivity contribution < 1.29 is 0 Å². The molecule has 2 rings (SSSR count). The molecule has 1 saturated carbocycles. The molecule has 0 aromatic carbocycles. The van der Waals surface area contributed by atoms with Crippen LogP contribution in [-0.4, -0.2) is 39.9 Å². The van der Waals surface area contributed by atoms with Gasteiger partial charge in [-0.05, 0) is 19.8 Å². The minimum absolute atomic E-state index is 0. The molecule has 7 heteroatoms. The quantitative estimate of drug-likeness (QED) is 0.431. The first kappa shape index (κ1) is 18.2. The smallest absolute Gasteiger partial charge is 0.191 e. The van der Waals surface area contributed by atoms with Gasteiger partial charge in [0, 0.05) is 25.6 Å². The van der Waals surface area contributed by atoms with Gasteiger partial charge in [0.25, 0.3) is 0 Å². The average molecular weight is 406 g/mol. The van der Waals surface area contributed by atoms with Gasteiger partial charge in [-0.15, -0.1) is 34.2 Å². The van der Waals surface area contributed by atoms with Crippen molar-refractivity contribution in [3.8, 4) is 0 Å². The Kier molecular flexibility index (Phi) is 8.63. The standard InChI is InChI=1S/C14H26N6.HI/c1-3-13-19-17-11-20(13)10-9-16-14(15-4-2)18-12-7-5-6-8-12;/h11-12H,3-10H2,1-2H3,(H2,15,16,18);1H. The van der Waals surface area contributed by atoms with E-state index >= 15 is 0 Å². The molecule has 1 heterocycles. The highest BCUT2D eigenvalue weighted by Gasteiger charge is 2.15. The van der Waals surface area contributed by atoms with E-state index in [0.717, 1.165) is 37.8 Å². The Bertz CT molecular complexity index is 425. The fourth-order valence-corrected chi connectivity index (χ4v) is 2.59. The molecule has 0 bridgehead atoms. The zero-order chi connectivity index (χ0) is 14.2. The van der Waals surface area contributed by atoms with Crippen molar-refractivity contribution in [1.29, 1.82) is 0 Å². The zero-order valence-electron chi connectivity index (χ0n) is 13.0. The summed E-state index contributed by atoms with van der Waals surface area (Å²) in [6.07, 6.45) is 7.87. The van der Waals surface area contributed by atoms with E-state index in [1.165, 1.54) is 25.7 Å². The molecule has 0 spiro atoms. The van der Waals surface area contributed by atoms with Crippen molar-refractivity contribution in [2.24, 2.45) is 4.99 Å². The van der Waals surface area contributed by atoms with E-state index < -0.39 is 0 Å². The highest BCUT2D eigenvalue weighted by Crippen LogP contribution is 2.17. The summed E-state index contributed by atoms with van der Waals surface area (Å²) in [6, 6.07) is 0.592. The van der Waals surface area contributed by atoms with Gasteiger partial charge >= 0.3 is 0 Å². The molecular formula is C14H27IN6. The fourth-order valence-electron chi connectivity index (χ4n) is 2.59. The number of aryl methyl sites for hydroxylation is 1. The van der Waals surface area contributed by atoms with Crippen LogP contribution in [0.15, 0.2) is 11.3 Å². The summed E-state index contributed by atoms with van der Waals surface area (Å²) in [7, 11) is 0. The predicted molar refractivity (Wildman–Crippen MR) is 96.2 cm³/mol. The Balaban J connectivity index is 0.00000220. The Morgan fingerprint density at radius 1 is 1.38 bits per heavy atom. The molecule has 0 aliphatic heterocycles. The Morgan fingerprint density at radius 2 is 2.14 bits per heavy atom. The normalized spacial score (nSPS) is 15.8. The molecule has 1 aliphatic rings. The molecule has 0 amide bonds. The van der Waals surface area contributed by atoms with E-state index in [9.17, 15) is 0 Å². The Labute approximate surface area is 144 Å². The van der Waals surface area contributed by atoms with E-state index in [1.807, 2.05) is 0 Å². The molecule has 0 saturated heterocycles. The zero-order valence-corrected chi connectivity index (χ0v) is 15.3. The summed E-state index contributed by atoms with van der Waals surface area (Å²) in [4.78, 5) is 4.65. The summed E-state index contributed by atoms with van der Waals surface area (Å²) in [6.45, 7) is 6.66. The second kappa shape index (κ2) is 9.97. The molecule has 1 aliphatic carbocycles. The van der Waals surface area contributed by atoms with Crippen molar-refractivity contribution in [2.45, 2.75) is 58.5 Å². The number of rotatable bonds is 6. The minimum atomic E-state index is 0. The third kappa shape index (κ3) is 5.80. The second-order valence-electron chi connectivity index (χ2n) is 5.18. The second-order valence-corrected chi connectivity index (χ2v) is 5.18. The van der Waals surface area contributed by atoms with Gasteiger partial charge in [-0.3, -0.25) is 4.99 Å². The number of aliphatic imine (C=N–C) groups is 1. The van der Waals surface area contributed by atoms with E-state index in [1.54, 1.807) is 6.33 Å². The first-order valence-corrected chi connectivity index (χ1v) is 7.75. The number of halogens is 1. The Morgan fingerprint density at radius 3 is 2.81 bits per heavy atom. The highest BCUT2D eigenvalue weighted by atomic mass is 127. The van der Waals surface area contributed by atoms with Gasteiger partial charge in [0.15, 0.2) is 5.96 Å². The number of nitrogens with zero attached hydrogens (tertiary/aromatic N) is 4. The molecule has 6 nitrogen and oxygen atoms in total. The first-order valence-electron chi connectivity index (χ1n) is 7.75. The van der Waals surface area contributed by atoms with Gasteiger partial charge in [-0.1, -0.05) is 19.8 Å². The van der Waals surface area contributed by atoms with Gasteiger partial charge in [0.05, 0.1) is 6.54 Å². The number of hydrogen-bond acceptors (Lipinski definition) is 3. The van der Waals surface area contributed by atoms with Gasteiger partial charge in [-0.25, -0.2) is 0 Å². The van der Waals surface area contributed by atoms with Crippen LogP contribution in [0.3, 0.4) is 0 Å². The van der Waals surface area contributed by atoms with Crippen LogP contribution in [0, 0.1) is 0 Å². The summed E-state index contributed by atoms with van der Waals surface area (Å²) in [5.41, 5.74) is 0. The van der Waals surface area contributed by atoms with Crippen molar-refractivity contribution >= 4 is 29.9 Å². The summed E-state index contributed by atoms with van der Waals surface area (Å²) in [5.74, 6) is 1.96. The Hall–Kier alpha value is -0.860. The van der Waals surface area contributed by atoms with E-state index in [0.29, 0.717) is 6.04 Å². The highest BCUT2D eigenvalue weighted by molar-refractivity contribution is 14.0. The molecule has 1 aromatic rings. The molecule has 0 atom stereocenters. The number of hydrogen-bond donors (Lipinski definition) is 2. The van der Waals surface area contributed by atoms with Crippen LogP contribution in [0.25, 0.3) is 0 Å². The van der Waals surface area contributed by atoms with Crippen molar-refractivity contribution in [1.82, 2.24) is 25.4 Å². The molecule has 120 valence electrons. The van der Waals surface area contributed by atoms with Gasteiger partial charge in [0.2, 0.25) is 0 Å². The van der Waals surface area contributed by atoms with Gasteiger partial charge in [0.1, 0.15) is 12.2 Å². The van der Waals surface area contributed by atoms with Crippen LogP contribution in [-0.2, 0) is 13.0 Å². The first-order chi connectivity index (χ1) is 9.83. The molecule has 0 radical (unpaired) electrons. The SMILES string of the molecule is CCNC(=NCCn1cnnc1CC)NC1CCCC1.I. The van der Waals surface area contributed by atoms with Gasteiger partial charge in [-0.2, -0.15) is 0 Å². The van der Waals surface area contributed by atoms with E-state index in [4.69, 9.17) is 0 Å². The fraction of sp³-hybridized carbons (Fsp3) is 0.786. The topological polar surface area (TPSA) is 67.1 Å². The molecule has 1 aromatic heterocycles. The van der Waals surface area contributed by atoms with Crippen LogP contribution in [0.2, 0.25) is 0 Å². The number of guanidine groups is 1. The monoisotopic (exact) mass is 406 g/mol. The van der Waals surface area contributed by atoms with Crippen LogP contribution in [0.1, 0.15) is 45.4 Å². The van der Waals surface area contributed by atoms with Crippen molar-refractivity contribution in [3.63, 3.8) is 0 Å². The maximum atomic E-state index is 4.65. The average Bonchev–Trinajstić information content (AvgIpc) is 3.10. The van der Waals surface area contributed by atoms with Crippen LogP contribution < -0.4 is 10.6 Å². The van der Waals surface area contributed by atoms with Crippen LogP contribution >= 0.6 is 24.0 Å². The lowest BCUT2D eigenvalue weighted by molar-refractivity contribution is 0.608. The lowest BCUT2D eigenvalue weighted by Crippen LogP contribution is -2.42. The molecule has 1 fully saturated rings. The third-order valence-corrected chi connectivity index (χ3v) is 3.66. The lowest BCUT2D eigenvalue weighted by Gasteiger charge is -2.16. The van der Waals surface area contributed by atoms with Gasteiger partial charge < -0.3 is 15.2 Å². The largest absolute Gasteiger partial charge is 0.357 e. The molecule has 2 N–H and O–H groups in total. The van der Waals surface area contributed by atoms with Crippen LogP contribution in [0.4, 0.5) is 0 Å². The predicted octanol–water partition coefficient (Wildman–Crippen LogP) is 1.96. The molecule has 0 unspecified atom stereocenters. The van der Waals surface area contributed by atoms with E-state index in [-0.39, 0.29) is 24.0 Å². The maximum Gasteiger partial charge on any atom is 0.191 e. The summed E-state index contributed by atoms with van der Waals surface area (Å²) >= 11 is 0.